The molecule has 150 valence electrons. The predicted octanol–water partition coefficient (Wildman–Crippen LogP) is 3.05. The van der Waals surface area contributed by atoms with Gasteiger partial charge in [-0.3, -0.25) is 15.6 Å². The Balaban J connectivity index is 2.05. The second kappa shape index (κ2) is 9.20. The number of rotatable bonds is 5. The number of amides is 1. The Labute approximate surface area is 174 Å². The molecule has 0 saturated carbocycles. The number of para-hydroxylation sites is 1. The highest BCUT2D eigenvalue weighted by molar-refractivity contribution is 7.80. The molecule has 0 unspecified atom stereocenters. The fourth-order valence-corrected chi connectivity index (χ4v) is 3.09. The minimum atomic E-state index is -0.322. The van der Waals surface area contributed by atoms with E-state index in [1.165, 1.54) is 0 Å². The van der Waals surface area contributed by atoms with Crippen LogP contribution in [0.3, 0.4) is 0 Å². The molecule has 0 aliphatic heterocycles. The lowest BCUT2D eigenvalue weighted by Crippen LogP contribution is -2.46. The van der Waals surface area contributed by atoms with Crippen molar-refractivity contribution in [1.82, 2.24) is 21.2 Å². The first kappa shape index (κ1) is 20.3. The Bertz CT molecular complexity index is 1060. The van der Waals surface area contributed by atoms with Gasteiger partial charge in [0, 0.05) is 23.6 Å². The van der Waals surface area contributed by atoms with Crippen LogP contribution in [0.1, 0.15) is 17.3 Å². The summed E-state index contributed by atoms with van der Waals surface area (Å²) in [7, 11) is 3.18. The molecule has 0 fully saturated rings. The third-order valence-corrected chi connectivity index (χ3v) is 4.52. The van der Waals surface area contributed by atoms with Crippen molar-refractivity contribution in [3.8, 4) is 22.8 Å². The number of benzene rings is 2. The summed E-state index contributed by atoms with van der Waals surface area (Å²) < 4.78 is 10.8. The van der Waals surface area contributed by atoms with Crippen LogP contribution >= 0.6 is 12.2 Å². The van der Waals surface area contributed by atoms with Crippen molar-refractivity contribution in [2.45, 2.75) is 6.92 Å². The summed E-state index contributed by atoms with van der Waals surface area (Å²) in [5, 5.41) is 3.99. The predicted molar refractivity (Wildman–Crippen MR) is 117 cm³/mol. The van der Waals surface area contributed by atoms with Gasteiger partial charge < -0.3 is 14.8 Å². The summed E-state index contributed by atoms with van der Waals surface area (Å²) in [5.41, 5.74) is 7.86. The van der Waals surface area contributed by atoms with Crippen LogP contribution < -0.4 is 25.6 Å². The van der Waals surface area contributed by atoms with E-state index in [0.29, 0.717) is 39.9 Å². The van der Waals surface area contributed by atoms with E-state index in [1.54, 1.807) is 26.4 Å². The summed E-state index contributed by atoms with van der Waals surface area (Å²) in [5.74, 6) is 0.952. The molecule has 0 atom stereocenters. The maximum Gasteiger partial charge on any atom is 0.270 e. The highest BCUT2D eigenvalue weighted by Crippen LogP contribution is 2.34. The van der Waals surface area contributed by atoms with Crippen molar-refractivity contribution in [3.63, 3.8) is 0 Å². The largest absolute Gasteiger partial charge is 0.497 e. The zero-order chi connectivity index (χ0) is 20.8. The van der Waals surface area contributed by atoms with E-state index >= 15 is 0 Å². The molecule has 1 heterocycles. The molecule has 8 heteroatoms. The number of carbonyl (C=O) groups excluding carboxylic acids is 1. The Morgan fingerprint density at radius 3 is 2.59 bits per heavy atom. The Morgan fingerprint density at radius 2 is 1.86 bits per heavy atom. The molecule has 29 heavy (non-hydrogen) atoms. The van der Waals surface area contributed by atoms with Gasteiger partial charge >= 0.3 is 0 Å². The molecular weight excluding hydrogens is 388 g/mol. The van der Waals surface area contributed by atoms with Gasteiger partial charge in [-0.1, -0.05) is 18.2 Å². The highest BCUT2D eigenvalue weighted by atomic mass is 32.1. The Kier molecular flexibility index (Phi) is 6.46. The Morgan fingerprint density at radius 1 is 1.07 bits per heavy atom. The molecule has 2 aromatic carbocycles. The minimum absolute atomic E-state index is 0.322. The van der Waals surface area contributed by atoms with Gasteiger partial charge in [-0.05, 0) is 43.4 Å². The van der Waals surface area contributed by atoms with Crippen molar-refractivity contribution in [1.29, 1.82) is 0 Å². The SMILES string of the molecule is CCNC(=S)NNC(=O)c1cc(-c2ccc(OC)cc2OC)nc2ccccc12. The third-order valence-electron chi connectivity index (χ3n) is 4.27. The molecule has 3 rings (SSSR count). The van der Waals surface area contributed by atoms with Crippen molar-refractivity contribution >= 4 is 34.1 Å². The van der Waals surface area contributed by atoms with Gasteiger partial charge in [0.15, 0.2) is 5.11 Å². The number of hydrogen-bond donors (Lipinski definition) is 3. The summed E-state index contributed by atoms with van der Waals surface area (Å²) >= 11 is 5.10. The molecule has 0 saturated heterocycles. The molecule has 7 nitrogen and oxygen atoms in total. The molecule has 1 aromatic heterocycles. The molecular formula is C21H22N4O3S. The van der Waals surface area contributed by atoms with Crippen LogP contribution in [0.2, 0.25) is 0 Å². The van der Waals surface area contributed by atoms with Gasteiger partial charge in [-0.25, -0.2) is 4.98 Å². The van der Waals surface area contributed by atoms with Crippen LogP contribution in [0.25, 0.3) is 22.2 Å². The summed E-state index contributed by atoms with van der Waals surface area (Å²) in [6.45, 7) is 2.57. The normalized spacial score (nSPS) is 10.3. The quantitative estimate of drug-likeness (QED) is 0.440. The van der Waals surface area contributed by atoms with Crippen molar-refractivity contribution in [2.75, 3.05) is 20.8 Å². The number of nitrogens with zero attached hydrogens (tertiary/aromatic N) is 1. The van der Waals surface area contributed by atoms with Gasteiger partial charge in [0.05, 0.1) is 31.0 Å². The number of thiocarbonyl (C=S) groups is 1. The molecule has 3 aromatic rings. The lowest BCUT2D eigenvalue weighted by atomic mass is 10.0. The lowest BCUT2D eigenvalue weighted by molar-refractivity contribution is 0.0945. The van der Waals surface area contributed by atoms with E-state index in [9.17, 15) is 4.79 Å². The topological polar surface area (TPSA) is 84.5 Å². The second-order valence-corrected chi connectivity index (χ2v) is 6.49. The highest BCUT2D eigenvalue weighted by Gasteiger charge is 2.16. The van der Waals surface area contributed by atoms with Gasteiger partial charge in [0.2, 0.25) is 0 Å². The van der Waals surface area contributed by atoms with Crippen LogP contribution in [0.4, 0.5) is 0 Å². The average Bonchev–Trinajstić information content (AvgIpc) is 2.76. The van der Waals surface area contributed by atoms with Gasteiger partial charge in [0.1, 0.15) is 11.5 Å². The molecule has 0 radical (unpaired) electrons. The molecule has 3 N–H and O–H groups in total. The fourth-order valence-electron chi connectivity index (χ4n) is 2.90. The summed E-state index contributed by atoms with van der Waals surface area (Å²) in [4.78, 5) is 17.6. The average molecular weight is 410 g/mol. The van der Waals surface area contributed by atoms with E-state index in [-0.39, 0.29) is 5.91 Å². The maximum atomic E-state index is 12.9. The first-order chi connectivity index (χ1) is 14.1. The standard InChI is InChI=1S/C21H22N4O3S/c1-4-22-21(29)25-24-20(26)16-12-18(23-17-8-6-5-7-14(16)17)15-10-9-13(27-2)11-19(15)28-3/h5-12H,4H2,1-3H3,(H,24,26)(H2,22,25,29). The van der Waals surface area contributed by atoms with E-state index in [2.05, 4.69) is 16.2 Å². The number of fused-ring (bicyclic) bond motifs is 1. The van der Waals surface area contributed by atoms with E-state index < -0.39 is 0 Å². The lowest BCUT2D eigenvalue weighted by Gasteiger charge is -2.14. The van der Waals surface area contributed by atoms with Crippen LogP contribution in [-0.2, 0) is 0 Å². The van der Waals surface area contributed by atoms with Crippen molar-refractivity contribution in [2.24, 2.45) is 0 Å². The number of hydrogen-bond acceptors (Lipinski definition) is 5. The van der Waals surface area contributed by atoms with E-state index in [0.717, 1.165) is 10.9 Å². The number of hydrazine groups is 1. The number of methoxy groups -OCH3 is 2. The van der Waals surface area contributed by atoms with E-state index in [4.69, 9.17) is 26.7 Å². The Hall–Kier alpha value is -3.39. The number of aromatic nitrogens is 1. The van der Waals surface area contributed by atoms with Crippen LogP contribution in [-0.4, -0.2) is 36.8 Å². The van der Waals surface area contributed by atoms with E-state index in [1.807, 2.05) is 43.3 Å². The van der Waals surface area contributed by atoms with Crippen LogP contribution in [0, 0.1) is 0 Å². The molecule has 0 bridgehead atoms. The smallest absolute Gasteiger partial charge is 0.270 e. The zero-order valence-electron chi connectivity index (χ0n) is 16.4. The van der Waals surface area contributed by atoms with Crippen molar-refractivity contribution < 1.29 is 14.3 Å². The molecule has 0 aliphatic carbocycles. The summed E-state index contributed by atoms with van der Waals surface area (Å²) in [6, 6.07) is 14.7. The second-order valence-electron chi connectivity index (χ2n) is 6.08. The zero-order valence-corrected chi connectivity index (χ0v) is 17.2. The minimum Gasteiger partial charge on any atom is -0.497 e. The number of nitrogens with one attached hydrogen (secondary N) is 3. The first-order valence-corrected chi connectivity index (χ1v) is 9.44. The van der Waals surface area contributed by atoms with Gasteiger partial charge in [-0.15, -0.1) is 0 Å². The van der Waals surface area contributed by atoms with Gasteiger partial charge in [0.25, 0.3) is 5.91 Å². The molecule has 0 aliphatic rings. The number of carbonyl (C=O) groups is 1. The fraction of sp³-hybridized carbons (Fsp3) is 0.190. The third kappa shape index (κ3) is 4.55. The number of pyridine rings is 1. The van der Waals surface area contributed by atoms with Crippen LogP contribution in [0.5, 0.6) is 11.5 Å². The first-order valence-electron chi connectivity index (χ1n) is 9.03. The number of ether oxygens (including phenoxy) is 2. The van der Waals surface area contributed by atoms with Crippen molar-refractivity contribution in [3.05, 3.63) is 54.1 Å². The van der Waals surface area contributed by atoms with Crippen LogP contribution in [0.15, 0.2) is 48.5 Å². The maximum absolute atomic E-state index is 12.9. The van der Waals surface area contributed by atoms with Gasteiger partial charge in [-0.2, -0.15) is 0 Å². The molecule has 0 spiro atoms. The molecule has 1 amide bonds. The monoisotopic (exact) mass is 410 g/mol. The summed E-state index contributed by atoms with van der Waals surface area (Å²) in [6.07, 6.45) is 0.